The molecule has 0 saturated carbocycles. The van der Waals surface area contributed by atoms with Gasteiger partial charge in [-0.25, -0.2) is 8.42 Å². The van der Waals surface area contributed by atoms with Crippen LogP contribution in [0.1, 0.15) is 6.42 Å². The number of amides is 1. The standard InChI is InChI=1S/C11H13BrN2O5S2/c1-19-9(15)6-7-11(16)13-4-5-14(7)21(17,18)10-3-2-8(12)20-10/h2-3,7H,4-6H2,1H3,(H,13,16)/t7-/m0/s1. The van der Waals surface area contributed by atoms with Crippen molar-refractivity contribution in [2.45, 2.75) is 16.7 Å². The minimum atomic E-state index is -3.82. The molecule has 1 saturated heterocycles. The lowest BCUT2D eigenvalue weighted by atomic mass is 10.1. The highest BCUT2D eigenvalue weighted by atomic mass is 79.9. The van der Waals surface area contributed by atoms with Crippen molar-refractivity contribution >= 4 is 49.2 Å². The number of esters is 1. The summed E-state index contributed by atoms with van der Waals surface area (Å²) < 4.78 is 31.6. The molecule has 1 aromatic rings. The first-order valence-electron chi connectivity index (χ1n) is 5.98. The van der Waals surface area contributed by atoms with Gasteiger partial charge in [0.1, 0.15) is 10.3 Å². The third-order valence-electron chi connectivity index (χ3n) is 2.98. The van der Waals surface area contributed by atoms with Gasteiger partial charge in [-0.3, -0.25) is 9.59 Å². The quantitative estimate of drug-likeness (QED) is 0.750. The zero-order valence-corrected chi connectivity index (χ0v) is 14.3. The largest absolute Gasteiger partial charge is 0.469 e. The normalized spacial score (nSPS) is 20.1. The molecule has 0 radical (unpaired) electrons. The second-order valence-electron chi connectivity index (χ2n) is 4.26. The molecule has 1 atom stereocenters. The molecule has 116 valence electrons. The third kappa shape index (κ3) is 3.44. The van der Waals surface area contributed by atoms with Gasteiger partial charge in [0.25, 0.3) is 10.0 Å². The molecule has 0 unspecified atom stereocenters. The fourth-order valence-electron chi connectivity index (χ4n) is 1.97. The second-order valence-corrected chi connectivity index (χ2v) is 8.84. The summed E-state index contributed by atoms with van der Waals surface area (Å²) in [4.78, 5) is 23.3. The van der Waals surface area contributed by atoms with E-state index in [0.717, 1.165) is 15.6 Å². The molecule has 1 N–H and O–H groups in total. The highest BCUT2D eigenvalue weighted by Gasteiger charge is 2.40. The van der Waals surface area contributed by atoms with Gasteiger partial charge in [0.05, 0.1) is 17.3 Å². The minimum absolute atomic E-state index is 0.116. The summed E-state index contributed by atoms with van der Waals surface area (Å²) in [6.45, 7) is 0.327. The van der Waals surface area contributed by atoms with Gasteiger partial charge in [0, 0.05) is 13.1 Å². The summed E-state index contributed by atoms with van der Waals surface area (Å²) in [5.74, 6) is -1.13. The molecule has 10 heteroatoms. The second kappa shape index (κ2) is 6.42. The average Bonchev–Trinajstić information content (AvgIpc) is 2.88. The maximum atomic E-state index is 12.6. The number of nitrogens with zero attached hydrogens (tertiary/aromatic N) is 1. The lowest BCUT2D eigenvalue weighted by molar-refractivity contribution is -0.144. The number of rotatable bonds is 4. The molecule has 0 bridgehead atoms. The van der Waals surface area contributed by atoms with Gasteiger partial charge < -0.3 is 10.1 Å². The Bertz CT molecular complexity index is 657. The molecule has 0 aliphatic carbocycles. The van der Waals surface area contributed by atoms with E-state index in [1.54, 1.807) is 6.07 Å². The van der Waals surface area contributed by atoms with Crippen LogP contribution in [0.3, 0.4) is 0 Å². The van der Waals surface area contributed by atoms with Crippen LogP contribution >= 0.6 is 27.3 Å². The van der Waals surface area contributed by atoms with Crippen molar-refractivity contribution in [2.75, 3.05) is 20.2 Å². The van der Waals surface area contributed by atoms with Crippen LogP contribution in [0.5, 0.6) is 0 Å². The molecule has 21 heavy (non-hydrogen) atoms. The Morgan fingerprint density at radius 1 is 1.57 bits per heavy atom. The minimum Gasteiger partial charge on any atom is -0.469 e. The number of ether oxygens (including phenoxy) is 1. The predicted molar refractivity (Wildman–Crippen MR) is 79.3 cm³/mol. The number of hydrogen-bond donors (Lipinski definition) is 1. The van der Waals surface area contributed by atoms with Gasteiger partial charge in [-0.05, 0) is 28.1 Å². The van der Waals surface area contributed by atoms with Crippen molar-refractivity contribution in [2.24, 2.45) is 0 Å². The van der Waals surface area contributed by atoms with E-state index in [1.807, 2.05) is 0 Å². The number of piperazine rings is 1. The van der Waals surface area contributed by atoms with Gasteiger partial charge in [0.2, 0.25) is 5.91 Å². The highest BCUT2D eigenvalue weighted by Crippen LogP contribution is 2.30. The number of carbonyl (C=O) groups excluding carboxylic acids is 2. The summed E-state index contributed by atoms with van der Waals surface area (Å²) in [5.41, 5.74) is 0. The number of methoxy groups -OCH3 is 1. The van der Waals surface area contributed by atoms with E-state index in [4.69, 9.17) is 0 Å². The van der Waals surface area contributed by atoms with Crippen molar-refractivity contribution in [3.05, 3.63) is 15.9 Å². The topological polar surface area (TPSA) is 92.8 Å². The number of sulfonamides is 1. The van der Waals surface area contributed by atoms with E-state index >= 15 is 0 Å². The highest BCUT2D eigenvalue weighted by molar-refractivity contribution is 9.11. The number of hydrogen-bond acceptors (Lipinski definition) is 6. The van der Waals surface area contributed by atoms with Crippen LogP contribution in [0.25, 0.3) is 0 Å². The van der Waals surface area contributed by atoms with Crippen LogP contribution in [0.4, 0.5) is 0 Å². The first kappa shape index (κ1) is 16.4. The van der Waals surface area contributed by atoms with E-state index in [1.165, 1.54) is 13.2 Å². The fourth-order valence-corrected chi connectivity index (χ4v) is 5.70. The zero-order chi connectivity index (χ0) is 15.6. The maximum Gasteiger partial charge on any atom is 0.307 e. The molecule has 0 spiro atoms. The van der Waals surface area contributed by atoms with Gasteiger partial charge >= 0.3 is 5.97 Å². The van der Waals surface area contributed by atoms with Crippen molar-refractivity contribution in [3.8, 4) is 0 Å². The molecule has 1 aliphatic heterocycles. The number of carbonyl (C=O) groups is 2. The molecular weight excluding hydrogens is 384 g/mol. The molecular formula is C11H13BrN2O5S2. The Balaban J connectivity index is 2.33. The van der Waals surface area contributed by atoms with Crippen LogP contribution in [-0.4, -0.2) is 50.8 Å². The van der Waals surface area contributed by atoms with Gasteiger partial charge in [-0.15, -0.1) is 11.3 Å². The van der Waals surface area contributed by atoms with Crippen LogP contribution < -0.4 is 5.32 Å². The first-order chi connectivity index (χ1) is 9.86. The molecule has 7 nitrogen and oxygen atoms in total. The summed E-state index contributed by atoms with van der Waals surface area (Å²) in [6, 6.07) is 2.00. The Morgan fingerprint density at radius 2 is 2.29 bits per heavy atom. The Morgan fingerprint density at radius 3 is 2.86 bits per heavy atom. The van der Waals surface area contributed by atoms with Crippen molar-refractivity contribution < 1.29 is 22.7 Å². The summed E-state index contributed by atoms with van der Waals surface area (Å²) in [7, 11) is -2.63. The average molecular weight is 397 g/mol. The van der Waals surface area contributed by atoms with E-state index in [9.17, 15) is 18.0 Å². The van der Waals surface area contributed by atoms with E-state index < -0.39 is 27.9 Å². The molecule has 2 heterocycles. The number of halogens is 1. The van der Waals surface area contributed by atoms with Crippen LogP contribution in [0, 0.1) is 0 Å². The van der Waals surface area contributed by atoms with E-state index in [0.29, 0.717) is 3.79 Å². The SMILES string of the molecule is COC(=O)C[C@H]1C(=O)NCCN1S(=O)(=O)c1ccc(Br)s1. The summed E-state index contributed by atoms with van der Waals surface area (Å²) >= 11 is 4.26. The summed E-state index contributed by atoms with van der Waals surface area (Å²) in [6.07, 6.45) is -0.311. The van der Waals surface area contributed by atoms with Gasteiger partial charge in [0.15, 0.2) is 0 Å². The molecule has 0 aromatic carbocycles. The van der Waals surface area contributed by atoms with Crippen molar-refractivity contribution in [1.82, 2.24) is 9.62 Å². The lowest BCUT2D eigenvalue weighted by Gasteiger charge is -2.32. The molecule has 2 rings (SSSR count). The predicted octanol–water partition coefficient (Wildman–Crippen LogP) is 0.563. The number of thiophene rings is 1. The summed E-state index contributed by atoms with van der Waals surface area (Å²) in [5, 5.41) is 2.56. The van der Waals surface area contributed by atoms with E-state index in [2.05, 4.69) is 26.0 Å². The number of nitrogens with one attached hydrogen (secondary N) is 1. The monoisotopic (exact) mass is 396 g/mol. The third-order valence-corrected chi connectivity index (χ3v) is 6.98. The van der Waals surface area contributed by atoms with E-state index in [-0.39, 0.29) is 23.7 Å². The molecule has 1 amide bonds. The Kier molecular flexibility index (Phi) is 5.02. The van der Waals surface area contributed by atoms with Crippen molar-refractivity contribution in [3.63, 3.8) is 0 Å². The molecule has 1 fully saturated rings. The first-order valence-corrected chi connectivity index (χ1v) is 9.03. The Hall–Kier alpha value is -0.970. The lowest BCUT2D eigenvalue weighted by Crippen LogP contribution is -2.57. The smallest absolute Gasteiger partial charge is 0.307 e. The molecule has 1 aromatic heterocycles. The van der Waals surface area contributed by atoms with Gasteiger partial charge in [-0.1, -0.05) is 0 Å². The van der Waals surface area contributed by atoms with Gasteiger partial charge in [-0.2, -0.15) is 4.31 Å². The van der Waals surface area contributed by atoms with Crippen molar-refractivity contribution in [1.29, 1.82) is 0 Å². The van der Waals surface area contributed by atoms with Crippen LogP contribution in [0.2, 0.25) is 0 Å². The fraction of sp³-hybridized carbons (Fsp3) is 0.455. The maximum absolute atomic E-state index is 12.6. The Labute approximate surface area is 134 Å². The van der Waals surface area contributed by atoms with Crippen LogP contribution in [-0.2, 0) is 24.3 Å². The zero-order valence-electron chi connectivity index (χ0n) is 11.0. The molecule has 1 aliphatic rings. The van der Waals surface area contributed by atoms with Crippen LogP contribution in [0.15, 0.2) is 20.1 Å².